The summed E-state index contributed by atoms with van der Waals surface area (Å²) in [5.74, 6) is 0.0497. The lowest BCUT2D eigenvalue weighted by molar-refractivity contribution is 0.0793. The van der Waals surface area contributed by atoms with E-state index in [-0.39, 0.29) is 11.9 Å². The Kier molecular flexibility index (Phi) is 5.65. The molecule has 0 unspecified atom stereocenters. The topological polar surface area (TPSA) is 92.1 Å². The minimum absolute atomic E-state index is 0.0497. The van der Waals surface area contributed by atoms with Gasteiger partial charge in [-0.1, -0.05) is 17.3 Å². The molecule has 0 radical (unpaired) electrons. The molecule has 1 aliphatic rings. The summed E-state index contributed by atoms with van der Waals surface area (Å²) in [6.07, 6.45) is 2.13. The van der Waals surface area contributed by atoms with E-state index in [9.17, 15) is 9.59 Å². The Hall–Kier alpha value is -3.42. The van der Waals surface area contributed by atoms with E-state index >= 15 is 0 Å². The summed E-state index contributed by atoms with van der Waals surface area (Å²) in [4.78, 5) is 26.6. The monoisotopic (exact) mass is 406 g/mol. The van der Waals surface area contributed by atoms with Gasteiger partial charge >= 0.3 is 6.03 Å². The number of likely N-dealkylation sites (tertiary alicyclic amines) is 1. The predicted molar refractivity (Wildman–Crippen MR) is 116 cm³/mol. The van der Waals surface area contributed by atoms with Crippen molar-refractivity contribution in [3.05, 3.63) is 53.1 Å². The van der Waals surface area contributed by atoms with Crippen LogP contribution in [0.25, 0.3) is 11.0 Å². The SMILES string of the molecule is Cc1ccc(C)c(NC(=O)NCCn2nnc3cc(C(=O)N4CCCC4)ccc32)c1. The third kappa shape index (κ3) is 4.27. The zero-order chi connectivity index (χ0) is 21.1. The predicted octanol–water partition coefficient (Wildman–Crippen LogP) is 3.11. The summed E-state index contributed by atoms with van der Waals surface area (Å²) >= 11 is 0. The molecule has 0 bridgehead atoms. The van der Waals surface area contributed by atoms with Crippen LogP contribution in [0.2, 0.25) is 0 Å². The second-order valence-electron chi connectivity index (χ2n) is 7.71. The number of nitrogens with one attached hydrogen (secondary N) is 2. The number of hydrogen-bond acceptors (Lipinski definition) is 4. The first-order valence-corrected chi connectivity index (χ1v) is 10.3. The van der Waals surface area contributed by atoms with Gasteiger partial charge in [0.05, 0.1) is 12.1 Å². The Bertz CT molecular complexity index is 1080. The van der Waals surface area contributed by atoms with Crippen LogP contribution in [0, 0.1) is 13.8 Å². The van der Waals surface area contributed by atoms with Crippen LogP contribution in [0.15, 0.2) is 36.4 Å². The molecule has 1 aromatic heterocycles. The fourth-order valence-corrected chi connectivity index (χ4v) is 3.69. The molecule has 156 valence electrons. The number of hydrogen-bond donors (Lipinski definition) is 2. The van der Waals surface area contributed by atoms with Gasteiger partial charge in [-0.3, -0.25) is 4.79 Å². The number of aryl methyl sites for hydroxylation is 2. The van der Waals surface area contributed by atoms with Crippen molar-refractivity contribution in [1.29, 1.82) is 0 Å². The van der Waals surface area contributed by atoms with Crippen molar-refractivity contribution < 1.29 is 9.59 Å². The average molecular weight is 406 g/mol. The maximum absolute atomic E-state index is 12.6. The van der Waals surface area contributed by atoms with E-state index in [0.29, 0.717) is 24.2 Å². The minimum atomic E-state index is -0.258. The molecule has 0 saturated carbocycles. The van der Waals surface area contributed by atoms with Crippen LogP contribution in [-0.4, -0.2) is 51.5 Å². The Morgan fingerprint density at radius 1 is 1.07 bits per heavy atom. The first-order valence-electron chi connectivity index (χ1n) is 10.3. The molecular formula is C22H26N6O2. The second kappa shape index (κ2) is 8.52. The largest absolute Gasteiger partial charge is 0.339 e. The van der Waals surface area contributed by atoms with E-state index in [1.165, 1.54) is 0 Å². The van der Waals surface area contributed by atoms with Gasteiger partial charge in [-0.05, 0) is 62.1 Å². The van der Waals surface area contributed by atoms with Crippen molar-refractivity contribution in [2.24, 2.45) is 0 Å². The van der Waals surface area contributed by atoms with Gasteiger partial charge in [0, 0.05) is 30.9 Å². The normalized spacial score (nSPS) is 13.6. The maximum Gasteiger partial charge on any atom is 0.319 e. The van der Waals surface area contributed by atoms with Gasteiger partial charge in [-0.2, -0.15) is 0 Å². The van der Waals surface area contributed by atoms with Crippen molar-refractivity contribution >= 4 is 28.7 Å². The van der Waals surface area contributed by atoms with Crippen molar-refractivity contribution in [1.82, 2.24) is 25.2 Å². The molecule has 2 aromatic carbocycles. The van der Waals surface area contributed by atoms with Crippen LogP contribution in [0.4, 0.5) is 10.5 Å². The standard InChI is InChI=1S/C22H26N6O2/c1-15-5-6-16(2)18(13-15)24-22(30)23-9-12-28-20-8-7-17(14-19(20)25-26-28)21(29)27-10-3-4-11-27/h5-8,13-14H,3-4,9-12H2,1-2H3,(H2,23,24,30). The van der Waals surface area contributed by atoms with Gasteiger partial charge in [-0.15, -0.1) is 5.10 Å². The fraction of sp³-hybridized carbons (Fsp3) is 0.364. The number of aromatic nitrogens is 3. The highest BCUT2D eigenvalue weighted by Crippen LogP contribution is 2.18. The number of benzene rings is 2. The molecule has 0 spiro atoms. The summed E-state index contributed by atoms with van der Waals surface area (Å²) in [5.41, 5.74) is 5.06. The van der Waals surface area contributed by atoms with Crippen LogP contribution >= 0.6 is 0 Å². The minimum Gasteiger partial charge on any atom is -0.339 e. The van der Waals surface area contributed by atoms with E-state index in [1.54, 1.807) is 10.7 Å². The number of nitrogens with zero attached hydrogens (tertiary/aromatic N) is 4. The lowest BCUT2D eigenvalue weighted by Crippen LogP contribution is -2.32. The first kappa shape index (κ1) is 19.9. The molecule has 1 saturated heterocycles. The number of carbonyl (C=O) groups excluding carboxylic acids is 2. The average Bonchev–Trinajstić information content (AvgIpc) is 3.40. The molecule has 8 nitrogen and oxygen atoms in total. The van der Waals surface area contributed by atoms with Gasteiger partial charge in [0.15, 0.2) is 0 Å². The number of amides is 3. The van der Waals surface area contributed by atoms with Gasteiger partial charge < -0.3 is 15.5 Å². The zero-order valence-electron chi connectivity index (χ0n) is 17.3. The molecule has 2 N–H and O–H groups in total. The zero-order valence-corrected chi connectivity index (χ0v) is 17.3. The van der Waals surface area contributed by atoms with Crippen molar-refractivity contribution in [2.75, 3.05) is 25.0 Å². The molecule has 8 heteroatoms. The summed E-state index contributed by atoms with van der Waals surface area (Å²) in [6.45, 7) is 6.47. The molecule has 3 amide bonds. The summed E-state index contributed by atoms with van der Waals surface area (Å²) < 4.78 is 1.73. The van der Waals surface area contributed by atoms with Crippen LogP contribution in [0.5, 0.6) is 0 Å². The number of carbonyl (C=O) groups is 2. The highest BCUT2D eigenvalue weighted by Gasteiger charge is 2.20. The molecule has 3 aromatic rings. The first-order chi connectivity index (χ1) is 14.5. The van der Waals surface area contributed by atoms with Gasteiger partial charge in [-0.25, -0.2) is 9.48 Å². The number of fused-ring (bicyclic) bond motifs is 1. The quantitative estimate of drug-likeness (QED) is 0.681. The number of urea groups is 1. The van der Waals surface area contributed by atoms with Crippen LogP contribution < -0.4 is 10.6 Å². The summed E-state index contributed by atoms with van der Waals surface area (Å²) in [5, 5.41) is 14.1. The number of anilines is 1. The van der Waals surface area contributed by atoms with Gasteiger partial charge in [0.1, 0.15) is 5.52 Å². The third-order valence-electron chi connectivity index (χ3n) is 5.40. The van der Waals surface area contributed by atoms with E-state index in [4.69, 9.17) is 0 Å². The lowest BCUT2D eigenvalue weighted by Gasteiger charge is -2.15. The van der Waals surface area contributed by atoms with Crippen molar-refractivity contribution in [3.8, 4) is 0 Å². The maximum atomic E-state index is 12.6. The van der Waals surface area contributed by atoms with Crippen molar-refractivity contribution in [3.63, 3.8) is 0 Å². The van der Waals surface area contributed by atoms with Crippen LogP contribution in [0.3, 0.4) is 0 Å². The van der Waals surface area contributed by atoms with E-state index < -0.39 is 0 Å². The molecule has 2 heterocycles. The molecule has 0 aliphatic carbocycles. The Morgan fingerprint density at radius 2 is 1.87 bits per heavy atom. The van der Waals surface area contributed by atoms with E-state index in [2.05, 4.69) is 20.9 Å². The van der Waals surface area contributed by atoms with E-state index in [0.717, 1.165) is 48.3 Å². The molecule has 0 atom stereocenters. The molecule has 30 heavy (non-hydrogen) atoms. The highest BCUT2D eigenvalue weighted by atomic mass is 16.2. The Morgan fingerprint density at radius 3 is 2.67 bits per heavy atom. The fourth-order valence-electron chi connectivity index (χ4n) is 3.69. The summed E-state index contributed by atoms with van der Waals surface area (Å²) in [7, 11) is 0. The second-order valence-corrected chi connectivity index (χ2v) is 7.71. The molecule has 1 fully saturated rings. The molecular weight excluding hydrogens is 380 g/mol. The van der Waals surface area contributed by atoms with Gasteiger partial charge in [0.25, 0.3) is 5.91 Å². The Balaban J connectivity index is 1.35. The lowest BCUT2D eigenvalue weighted by atomic mass is 10.1. The molecule has 4 rings (SSSR count). The van der Waals surface area contributed by atoms with Gasteiger partial charge in [0.2, 0.25) is 0 Å². The summed E-state index contributed by atoms with van der Waals surface area (Å²) in [6, 6.07) is 11.2. The Labute approximate surface area is 175 Å². The van der Waals surface area contributed by atoms with Crippen molar-refractivity contribution in [2.45, 2.75) is 33.2 Å². The third-order valence-corrected chi connectivity index (χ3v) is 5.40. The molecule has 1 aliphatic heterocycles. The van der Waals surface area contributed by atoms with Crippen LogP contribution in [0.1, 0.15) is 34.3 Å². The highest BCUT2D eigenvalue weighted by molar-refractivity contribution is 5.97. The number of rotatable bonds is 5. The van der Waals surface area contributed by atoms with E-state index in [1.807, 2.05) is 49.1 Å². The smallest absolute Gasteiger partial charge is 0.319 e. The van der Waals surface area contributed by atoms with Crippen LogP contribution in [-0.2, 0) is 6.54 Å².